The summed E-state index contributed by atoms with van der Waals surface area (Å²) in [4.78, 5) is 20.6. The molecule has 0 aliphatic carbocycles. The lowest BCUT2D eigenvalue weighted by Crippen LogP contribution is -2.33. The van der Waals surface area contributed by atoms with Crippen LogP contribution in [0.25, 0.3) is 21.7 Å². The van der Waals surface area contributed by atoms with Crippen LogP contribution in [0.4, 0.5) is 26.0 Å². The van der Waals surface area contributed by atoms with E-state index in [9.17, 15) is 23.8 Å². The summed E-state index contributed by atoms with van der Waals surface area (Å²) in [6.45, 7) is 5.97. The number of nitrogens with one attached hydrogen (secondary N) is 3. The Kier molecular flexibility index (Phi) is 21.5. The molecule has 386 valence electrons. The molecule has 5 N–H and O–H groups in total. The topological polar surface area (TPSA) is 193 Å². The maximum Gasteiger partial charge on any atom is 0.335 e. The maximum atomic E-state index is 13.4. The summed E-state index contributed by atoms with van der Waals surface area (Å²) in [5.74, 6) is 0.138. The Morgan fingerprint density at radius 3 is 1.86 bits per heavy atom. The van der Waals surface area contributed by atoms with Crippen molar-refractivity contribution >= 4 is 56.4 Å². The van der Waals surface area contributed by atoms with E-state index in [1.807, 2.05) is 18.2 Å². The summed E-state index contributed by atoms with van der Waals surface area (Å²) in [6, 6.07) is 29.3. The summed E-state index contributed by atoms with van der Waals surface area (Å²) in [6.07, 6.45) is 2.63. The molecular weight excluding hydrogens is 968 g/mol. The third kappa shape index (κ3) is 18.1. The molecule has 1 atom stereocenters. The van der Waals surface area contributed by atoms with Gasteiger partial charge in [-0.25, -0.2) is 18.6 Å². The van der Waals surface area contributed by atoms with Gasteiger partial charge in [0.25, 0.3) is 0 Å². The number of aliphatic hydroxyl groups excluding tert-OH is 1. The van der Waals surface area contributed by atoms with Crippen molar-refractivity contribution in [2.24, 2.45) is 0 Å². The summed E-state index contributed by atoms with van der Waals surface area (Å²) < 4.78 is 72.7. The highest BCUT2D eigenvalue weighted by atomic mass is 35.5. The fourth-order valence-corrected chi connectivity index (χ4v) is 7.42. The van der Waals surface area contributed by atoms with Crippen LogP contribution in [0.1, 0.15) is 21.5 Å². The monoisotopic (exact) mass is 1030 g/mol. The number of halogens is 3. The Hall–Kier alpha value is -6.74. The fourth-order valence-electron chi connectivity index (χ4n) is 7.18. The molecule has 2 aromatic heterocycles. The number of benzene rings is 5. The second-order valence-corrected chi connectivity index (χ2v) is 16.8. The van der Waals surface area contributed by atoms with Gasteiger partial charge in [0.2, 0.25) is 0 Å². The average molecular weight is 1030 g/mol. The van der Waals surface area contributed by atoms with Crippen LogP contribution in [0.3, 0.4) is 0 Å². The van der Waals surface area contributed by atoms with Crippen molar-refractivity contribution in [1.82, 2.24) is 15.3 Å². The third-order valence-electron chi connectivity index (χ3n) is 10.8. The van der Waals surface area contributed by atoms with E-state index in [4.69, 9.17) is 54.5 Å². The fraction of sp³-hybridized carbons (Fsp3) is 0.315. The molecule has 0 amide bonds. The zero-order chi connectivity index (χ0) is 51.0. The van der Waals surface area contributed by atoms with Gasteiger partial charge in [-0.3, -0.25) is 4.98 Å². The number of nitrogens with zero attached hydrogens (tertiary/aromatic N) is 2. The maximum absolute atomic E-state index is 13.4. The van der Waals surface area contributed by atoms with Crippen LogP contribution >= 0.6 is 11.6 Å². The molecule has 7 aromatic rings. The zero-order valence-electron chi connectivity index (χ0n) is 40.0. The number of anilines is 3. The number of aromatic carboxylic acids is 1. The van der Waals surface area contributed by atoms with E-state index < -0.39 is 12.1 Å². The van der Waals surface area contributed by atoms with Crippen LogP contribution in [0.15, 0.2) is 122 Å². The summed E-state index contributed by atoms with van der Waals surface area (Å²) >= 11 is 6.47. The predicted octanol–water partition coefficient (Wildman–Crippen LogP) is 8.84. The van der Waals surface area contributed by atoms with E-state index in [1.54, 1.807) is 79.1 Å². The summed E-state index contributed by atoms with van der Waals surface area (Å²) in [5, 5.41) is 32.8. The van der Waals surface area contributed by atoms with Gasteiger partial charge in [-0.05, 0) is 83.9 Å². The second kappa shape index (κ2) is 29.1. The molecule has 2 heterocycles. The SMILES string of the molecule is O=C(O)c1ccc2c(c1)nc(Nc1cc(Cl)cc(NCCOCCOCCOCCOCCOCCNC[C@@H](O)COc3ccc(OCc4ccc(F)cc4)c(OCc4ccc(F)cc4)c3)c1)c1ccncc12. The molecule has 0 spiro atoms. The van der Waals surface area contributed by atoms with E-state index in [-0.39, 0.29) is 43.6 Å². The van der Waals surface area contributed by atoms with Gasteiger partial charge >= 0.3 is 5.97 Å². The first kappa shape index (κ1) is 54.0. The van der Waals surface area contributed by atoms with Gasteiger partial charge in [0.05, 0.1) is 77.1 Å². The van der Waals surface area contributed by atoms with Gasteiger partial charge in [-0.1, -0.05) is 41.9 Å². The number of ether oxygens (including phenoxy) is 8. The molecule has 0 bridgehead atoms. The van der Waals surface area contributed by atoms with Crippen molar-refractivity contribution in [2.45, 2.75) is 19.3 Å². The Balaban J connectivity index is 0.672. The number of hydrogen-bond acceptors (Lipinski definition) is 15. The largest absolute Gasteiger partial charge is 0.491 e. The number of aromatic nitrogens is 2. The van der Waals surface area contributed by atoms with E-state index in [0.717, 1.165) is 33.0 Å². The van der Waals surface area contributed by atoms with Crippen LogP contribution in [0.5, 0.6) is 17.2 Å². The highest BCUT2D eigenvalue weighted by molar-refractivity contribution is 6.31. The first-order valence-corrected chi connectivity index (χ1v) is 24.1. The standard InChI is InChI=1S/C54H58ClF2N5O11/c55-40-28-43(30-44(29-40)61-53-48-13-14-58-33-49(48)47-11-5-39(54(64)65)27-50(47)62-53)60-16-18-67-20-22-69-24-26-70-25-23-68-21-19-66-17-15-59-32-45(63)36-71-46-10-12-51(72-34-37-1-6-41(56)7-2-37)52(31-46)73-35-38-3-8-42(57)9-4-38/h1-14,27-31,33,45,59-60,63H,15-26,32,34-36H2,(H,61,62)(H,64,65)/t45-/m1/s1. The smallest absolute Gasteiger partial charge is 0.335 e. The summed E-state index contributed by atoms with van der Waals surface area (Å²) in [5.41, 5.74) is 3.70. The normalized spacial score (nSPS) is 11.7. The van der Waals surface area contributed by atoms with Gasteiger partial charge < -0.3 is 64.1 Å². The van der Waals surface area contributed by atoms with Crippen molar-refractivity contribution < 1.29 is 61.7 Å². The number of carboxylic acid groups (broad SMARTS) is 1. The number of carbonyl (C=O) groups is 1. The van der Waals surface area contributed by atoms with E-state index >= 15 is 0 Å². The molecule has 0 unspecified atom stereocenters. The number of pyridine rings is 2. The average Bonchev–Trinajstić information content (AvgIpc) is 3.39. The zero-order valence-corrected chi connectivity index (χ0v) is 40.8. The van der Waals surface area contributed by atoms with Crippen LogP contribution in [0, 0.1) is 11.6 Å². The van der Waals surface area contributed by atoms with E-state index in [1.165, 1.54) is 24.3 Å². The molecule has 19 heteroatoms. The van der Waals surface area contributed by atoms with Gasteiger partial charge in [0, 0.05) is 70.7 Å². The van der Waals surface area contributed by atoms with Crippen molar-refractivity contribution in [3.63, 3.8) is 0 Å². The minimum atomic E-state index is -1.03. The third-order valence-corrected chi connectivity index (χ3v) is 11.1. The van der Waals surface area contributed by atoms with Gasteiger partial charge in [0.15, 0.2) is 11.5 Å². The van der Waals surface area contributed by atoms with Crippen molar-refractivity contribution in [2.75, 3.05) is 103 Å². The molecule has 7 rings (SSSR count). The van der Waals surface area contributed by atoms with Gasteiger partial charge in [-0.15, -0.1) is 0 Å². The number of carboxylic acids is 1. The molecule has 0 saturated heterocycles. The van der Waals surface area contributed by atoms with E-state index in [0.29, 0.717) is 118 Å². The van der Waals surface area contributed by atoms with Crippen molar-refractivity contribution in [1.29, 1.82) is 0 Å². The van der Waals surface area contributed by atoms with Gasteiger partial charge in [0.1, 0.15) is 49.1 Å². The lowest BCUT2D eigenvalue weighted by Gasteiger charge is -2.17. The Morgan fingerprint density at radius 1 is 0.616 bits per heavy atom. The molecule has 0 saturated carbocycles. The van der Waals surface area contributed by atoms with Crippen LogP contribution in [0.2, 0.25) is 5.02 Å². The number of fused-ring (bicyclic) bond motifs is 3. The van der Waals surface area contributed by atoms with E-state index in [2.05, 4.69) is 20.9 Å². The van der Waals surface area contributed by atoms with Crippen LogP contribution < -0.4 is 30.2 Å². The Morgan fingerprint density at radius 2 is 1.22 bits per heavy atom. The van der Waals surface area contributed by atoms with Crippen LogP contribution in [-0.4, -0.2) is 125 Å². The molecule has 16 nitrogen and oxygen atoms in total. The van der Waals surface area contributed by atoms with Crippen LogP contribution in [-0.2, 0) is 36.9 Å². The quantitative estimate of drug-likeness (QED) is 0.0193. The number of rotatable bonds is 33. The highest BCUT2D eigenvalue weighted by Crippen LogP contribution is 2.34. The molecule has 73 heavy (non-hydrogen) atoms. The Labute approximate surface area is 426 Å². The minimum absolute atomic E-state index is 0.0251. The first-order valence-electron chi connectivity index (χ1n) is 23.7. The van der Waals surface area contributed by atoms with Gasteiger partial charge in [-0.2, -0.15) is 0 Å². The predicted molar refractivity (Wildman–Crippen MR) is 274 cm³/mol. The lowest BCUT2D eigenvalue weighted by atomic mass is 10.1. The molecular formula is C54H58ClF2N5O11. The molecule has 0 aliphatic rings. The second-order valence-electron chi connectivity index (χ2n) is 16.4. The first-order chi connectivity index (χ1) is 35.7. The lowest BCUT2D eigenvalue weighted by molar-refractivity contribution is -0.0103. The molecule has 5 aromatic carbocycles. The molecule has 0 fully saturated rings. The number of aliphatic hydroxyl groups is 1. The van der Waals surface area contributed by atoms with Crippen molar-refractivity contribution in [3.8, 4) is 17.2 Å². The summed E-state index contributed by atoms with van der Waals surface area (Å²) in [7, 11) is 0. The molecule has 0 aliphatic heterocycles. The highest BCUT2D eigenvalue weighted by Gasteiger charge is 2.14. The number of hydrogen-bond donors (Lipinski definition) is 5. The van der Waals surface area contributed by atoms with Crippen molar-refractivity contribution in [3.05, 3.63) is 155 Å². The Bertz CT molecular complexity index is 2820. The molecule has 0 radical (unpaired) electrons. The minimum Gasteiger partial charge on any atom is -0.491 e.